The van der Waals surface area contributed by atoms with E-state index >= 15 is 0 Å². The lowest BCUT2D eigenvalue weighted by Crippen LogP contribution is -2.08. The van der Waals surface area contributed by atoms with E-state index in [2.05, 4.69) is 27.8 Å². The highest BCUT2D eigenvalue weighted by Crippen LogP contribution is 2.42. The Morgan fingerprint density at radius 1 is 1.27 bits per heavy atom. The number of pyridine rings is 1. The third kappa shape index (κ3) is 2.65. The van der Waals surface area contributed by atoms with Gasteiger partial charge in [-0.25, -0.2) is 0 Å². The Bertz CT molecular complexity index is 1180. The summed E-state index contributed by atoms with van der Waals surface area (Å²) < 4.78 is 1.31. The molecule has 0 saturated heterocycles. The molecule has 4 N–H and O–H groups in total. The first kappa shape index (κ1) is 17.3. The number of halogens is 1. The summed E-state index contributed by atoms with van der Waals surface area (Å²) in [4.78, 5) is 15.3. The summed E-state index contributed by atoms with van der Waals surface area (Å²) in [5, 5.41) is 14.3. The monoisotopic (exact) mass is 428 g/mol. The second kappa shape index (κ2) is 6.54. The van der Waals surface area contributed by atoms with Crippen molar-refractivity contribution in [2.45, 2.75) is 19.4 Å². The topological polar surface area (TPSA) is 79.1 Å². The third-order valence-electron chi connectivity index (χ3n) is 4.71. The van der Waals surface area contributed by atoms with Crippen LogP contribution in [-0.2, 0) is 0 Å². The van der Waals surface area contributed by atoms with Crippen LogP contribution >= 0.6 is 27.3 Å². The first-order chi connectivity index (χ1) is 12.5. The molecule has 26 heavy (non-hydrogen) atoms. The molecule has 0 fully saturated rings. The van der Waals surface area contributed by atoms with Gasteiger partial charge in [0, 0.05) is 26.9 Å². The molecule has 4 rings (SSSR count). The number of benzene rings is 2. The molecule has 0 saturated carbocycles. The van der Waals surface area contributed by atoms with Crippen LogP contribution in [0.3, 0.4) is 0 Å². The van der Waals surface area contributed by atoms with Crippen LogP contribution in [0.5, 0.6) is 5.75 Å². The summed E-state index contributed by atoms with van der Waals surface area (Å²) in [5.41, 5.74) is 9.32. The Labute approximate surface area is 162 Å². The van der Waals surface area contributed by atoms with Gasteiger partial charge in [-0.1, -0.05) is 31.2 Å². The van der Waals surface area contributed by atoms with Crippen molar-refractivity contribution in [1.29, 1.82) is 0 Å². The van der Waals surface area contributed by atoms with Crippen LogP contribution in [0, 0.1) is 0 Å². The highest BCUT2D eigenvalue weighted by atomic mass is 79.9. The van der Waals surface area contributed by atoms with Gasteiger partial charge in [0.2, 0.25) is 0 Å². The van der Waals surface area contributed by atoms with Crippen molar-refractivity contribution < 1.29 is 5.11 Å². The van der Waals surface area contributed by atoms with Gasteiger partial charge in [-0.3, -0.25) is 4.79 Å². The van der Waals surface area contributed by atoms with Gasteiger partial charge >= 0.3 is 0 Å². The van der Waals surface area contributed by atoms with Crippen LogP contribution in [0.15, 0.2) is 51.0 Å². The number of H-pyrrole nitrogens is 1. The minimum atomic E-state index is -0.121. The smallest absolute Gasteiger partial charge is 0.266 e. The number of aromatic nitrogens is 1. The van der Waals surface area contributed by atoms with E-state index in [1.807, 2.05) is 35.7 Å². The zero-order valence-corrected chi connectivity index (χ0v) is 16.4. The van der Waals surface area contributed by atoms with Gasteiger partial charge in [-0.15, -0.1) is 11.3 Å². The highest BCUT2D eigenvalue weighted by molar-refractivity contribution is 9.10. The number of nitrogens with two attached hydrogens (primary N) is 1. The SMILES string of the molecule is CC[C@@H](N)c1ccc(-c2c(O)cc(Br)c3[nH]c(=O)c4sccc4c23)cc1. The van der Waals surface area contributed by atoms with E-state index in [4.69, 9.17) is 5.73 Å². The first-order valence-electron chi connectivity index (χ1n) is 8.31. The second-order valence-corrected chi connectivity index (χ2v) is 8.03. The lowest BCUT2D eigenvalue weighted by atomic mass is 9.95. The van der Waals surface area contributed by atoms with Crippen LogP contribution in [0.4, 0.5) is 0 Å². The molecule has 0 aliphatic rings. The van der Waals surface area contributed by atoms with Crippen LogP contribution in [0.25, 0.3) is 32.1 Å². The number of phenols is 1. The van der Waals surface area contributed by atoms with Crippen LogP contribution in [0.1, 0.15) is 24.9 Å². The number of fused-ring (bicyclic) bond motifs is 3. The number of thiophene rings is 1. The predicted molar refractivity (Wildman–Crippen MR) is 112 cm³/mol. The molecule has 0 aliphatic heterocycles. The number of nitrogens with one attached hydrogen (secondary N) is 1. The average molecular weight is 429 g/mol. The molecule has 0 unspecified atom stereocenters. The largest absolute Gasteiger partial charge is 0.507 e. The minimum absolute atomic E-state index is 0.000700. The van der Waals surface area contributed by atoms with Crippen molar-refractivity contribution in [3.05, 3.63) is 62.2 Å². The molecule has 2 aromatic heterocycles. The van der Waals surface area contributed by atoms with Gasteiger partial charge in [0.05, 0.1) is 5.52 Å². The molecule has 4 nitrogen and oxygen atoms in total. The molecule has 0 radical (unpaired) electrons. The molecule has 0 bridgehead atoms. The molecule has 1 atom stereocenters. The molecular weight excluding hydrogens is 412 g/mol. The summed E-state index contributed by atoms with van der Waals surface area (Å²) in [6, 6.07) is 11.5. The quantitative estimate of drug-likeness (QED) is 0.414. The molecule has 2 heterocycles. The van der Waals surface area contributed by atoms with Crippen LogP contribution < -0.4 is 11.3 Å². The molecular formula is C20H17BrN2O2S. The Morgan fingerprint density at radius 2 is 2.00 bits per heavy atom. The van der Waals surface area contributed by atoms with Gasteiger partial charge in [-0.05, 0) is 51.0 Å². The van der Waals surface area contributed by atoms with E-state index in [-0.39, 0.29) is 17.4 Å². The number of hydrogen-bond acceptors (Lipinski definition) is 4. The van der Waals surface area contributed by atoms with Crippen molar-refractivity contribution in [1.82, 2.24) is 4.98 Å². The zero-order chi connectivity index (χ0) is 18.4. The molecule has 0 aliphatic carbocycles. The van der Waals surface area contributed by atoms with E-state index in [9.17, 15) is 9.90 Å². The van der Waals surface area contributed by atoms with Gasteiger partial charge in [0.1, 0.15) is 10.4 Å². The third-order valence-corrected chi connectivity index (χ3v) is 6.24. The molecule has 6 heteroatoms. The Kier molecular flexibility index (Phi) is 4.34. The molecule has 0 amide bonds. The van der Waals surface area contributed by atoms with E-state index in [0.29, 0.717) is 20.3 Å². The summed E-state index contributed by atoms with van der Waals surface area (Å²) in [6.07, 6.45) is 0.864. The summed E-state index contributed by atoms with van der Waals surface area (Å²) in [6.45, 7) is 2.05. The molecule has 4 aromatic rings. The maximum atomic E-state index is 12.3. The number of phenolic OH excluding ortho intramolecular Hbond substituents is 1. The predicted octanol–water partition coefficient (Wildman–Crippen LogP) is 5.29. The fourth-order valence-corrected chi connectivity index (χ4v) is 4.62. The first-order valence-corrected chi connectivity index (χ1v) is 9.99. The maximum absolute atomic E-state index is 12.3. The van der Waals surface area contributed by atoms with E-state index in [1.165, 1.54) is 11.3 Å². The summed E-state index contributed by atoms with van der Waals surface area (Å²) in [7, 11) is 0. The molecule has 132 valence electrons. The summed E-state index contributed by atoms with van der Waals surface area (Å²) in [5.74, 6) is 0.163. The molecule has 2 aromatic carbocycles. The molecule has 0 spiro atoms. The van der Waals surface area contributed by atoms with Crippen molar-refractivity contribution in [2.24, 2.45) is 5.73 Å². The lowest BCUT2D eigenvalue weighted by molar-refractivity contribution is 0.477. The highest BCUT2D eigenvalue weighted by Gasteiger charge is 2.18. The number of hydrogen-bond donors (Lipinski definition) is 3. The van der Waals surface area contributed by atoms with E-state index in [1.54, 1.807) is 6.07 Å². The fraction of sp³-hybridized carbons (Fsp3) is 0.150. The standard InChI is InChI=1S/C20H17BrN2O2S/c1-2-14(22)10-3-5-11(6-4-10)16-15(24)9-13(21)18-17(16)12-7-8-26-19(12)20(25)23-18/h3-9,14,24H,2,22H2,1H3,(H,23,25)/t14-/m1/s1. The second-order valence-electron chi connectivity index (χ2n) is 6.26. The Hall–Kier alpha value is -2.15. The van der Waals surface area contributed by atoms with Gasteiger partial charge in [0.15, 0.2) is 0 Å². The lowest BCUT2D eigenvalue weighted by Gasteiger charge is -2.14. The number of aromatic hydroxyl groups is 1. The Balaban J connectivity index is 2.06. The van der Waals surface area contributed by atoms with Crippen LogP contribution in [-0.4, -0.2) is 10.1 Å². The van der Waals surface area contributed by atoms with Gasteiger partial charge in [0.25, 0.3) is 5.56 Å². The van der Waals surface area contributed by atoms with Gasteiger partial charge < -0.3 is 15.8 Å². The number of rotatable bonds is 3. The average Bonchev–Trinajstić information content (AvgIpc) is 3.13. The van der Waals surface area contributed by atoms with Gasteiger partial charge in [-0.2, -0.15) is 0 Å². The zero-order valence-electron chi connectivity index (χ0n) is 14.0. The van der Waals surface area contributed by atoms with Crippen molar-refractivity contribution in [3.63, 3.8) is 0 Å². The van der Waals surface area contributed by atoms with Crippen molar-refractivity contribution >= 4 is 48.3 Å². The fourth-order valence-electron chi connectivity index (χ4n) is 3.31. The normalized spacial score (nSPS) is 12.7. The van der Waals surface area contributed by atoms with Crippen molar-refractivity contribution in [3.8, 4) is 16.9 Å². The van der Waals surface area contributed by atoms with Crippen LogP contribution in [0.2, 0.25) is 0 Å². The van der Waals surface area contributed by atoms with E-state index in [0.717, 1.165) is 28.3 Å². The Morgan fingerprint density at radius 3 is 2.69 bits per heavy atom. The number of aromatic amines is 1. The summed E-state index contributed by atoms with van der Waals surface area (Å²) >= 11 is 4.86. The maximum Gasteiger partial charge on any atom is 0.266 e. The van der Waals surface area contributed by atoms with E-state index < -0.39 is 0 Å². The van der Waals surface area contributed by atoms with Crippen molar-refractivity contribution in [2.75, 3.05) is 0 Å². The minimum Gasteiger partial charge on any atom is -0.507 e.